The van der Waals surface area contributed by atoms with E-state index in [4.69, 9.17) is 21.4 Å². The molecular formula is C23H18N2O5S2. The molecule has 1 amide bonds. The molecule has 1 fully saturated rings. The quantitative estimate of drug-likeness (QED) is 0.201. The second kappa shape index (κ2) is 8.60. The molecule has 0 atom stereocenters. The van der Waals surface area contributed by atoms with Crippen molar-refractivity contribution in [2.45, 2.75) is 13.8 Å². The van der Waals surface area contributed by atoms with Crippen LogP contribution in [0.15, 0.2) is 57.9 Å². The molecule has 1 aliphatic heterocycles. The SMILES string of the molecule is COc1ccc(-c2ccc(/C=C3\SC(=S)N(c4ccc(C)cc4C)C3=O)o2)c([N+](=O)[O-])c1. The number of thioether (sulfide) groups is 1. The number of anilines is 1. The Bertz CT molecular complexity index is 1300. The van der Waals surface area contributed by atoms with E-state index in [2.05, 4.69) is 0 Å². The molecule has 2 heterocycles. The number of methoxy groups -OCH3 is 1. The van der Waals surface area contributed by atoms with E-state index in [1.807, 2.05) is 32.0 Å². The Morgan fingerprint density at radius 1 is 1.16 bits per heavy atom. The van der Waals surface area contributed by atoms with Crippen LogP contribution in [0.2, 0.25) is 0 Å². The van der Waals surface area contributed by atoms with Crippen LogP contribution in [-0.4, -0.2) is 22.3 Å². The monoisotopic (exact) mass is 466 g/mol. The van der Waals surface area contributed by atoms with Gasteiger partial charge in [0.05, 0.1) is 34.3 Å². The van der Waals surface area contributed by atoms with Crippen LogP contribution in [-0.2, 0) is 4.79 Å². The highest BCUT2D eigenvalue weighted by Gasteiger charge is 2.34. The molecule has 4 rings (SSSR count). The van der Waals surface area contributed by atoms with E-state index < -0.39 is 4.92 Å². The zero-order valence-corrected chi connectivity index (χ0v) is 19.1. The first-order chi connectivity index (χ1) is 15.3. The van der Waals surface area contributed by atoms with Crippen molar-refractivity contribution in [3.63, 3.8) is 0 Å². The normalized spacial score (nSPS) is 15.0. The van der Waals surface area contributed by atoms with Gasteiger partial charge in [0.2, 0.25) is 0 Å². The van der Waals surface area contributed by atoms with Crippen molar-refractivity contribution in [2.75, 3.05) is 12.0 Å². The van der Waals surface area contributed by atoms with Gasteiger partial charge in [0.25, 0.3) is 11.6 Å². The van der Waals surface area contributed by atoms with Crippen LogP contribution in [0.4, 0.5) is 11.4 Å². The van der Waals surface area contributed by atoms with E-state index in [9.17, 15) is 14.9 Å². The van der Waals surface area contributed by atoms with Gasteiger partial charge in [0.15, 0.2) is 4.32 Å². The molecule has 162 valence electrons. The van der Waals surface area contributed by atoms with E-state index in [-0.39, 0.29) is 11.6 Å². The summed E-state index contributed by atoms with van der Waals surface area (Å²) in [5, 5.41) is 11.5. The maximum absolute atomic E-state index is 13.1. The molecule has 0 aliphatic carbocycles. The Labute approximate surface area is 193 Å². The van der Waals surface area contributed by atoms with Crippen LogP contribution >= 0.6 is 24.0 Å². The molecular weight excluding hydrogens is 448 g/mol. The number of carbonyl (C=O) groups is 1. The van der Waals surface area contributed by atoms with Gasteiger partial charge in [-0.2, -0.15) is 0 Å². The molecule has 7 nitrogen and oxygen atoms in total. The van der Waals surface area contributed by atoms with Crippen molar-refractivity contribution in [3.05, 3.63) is 80.4 Å². The minimum absolute atomic E-state index is 0.133. The van der Waals surface area contributed by atoms with Gasteiger partial charge in [-0.15, -0.1) is 0 Å². The number of ether oxygens (including phenoxy) is 1. The lowest BCUT2D eigenvalue weighted by atomic mass is 10.1. The zero-order chi connectivity index (χ0) is 23.0. The van der Waals surface area contributed by atoms with Gasteiger partial charge in [-0.05, 0) is 49.7 Å². The van der Waals surface area contributed by atoms with Gasteiger partial charge in [-0.1, -0.05) is 41.7 Å². The van der Waals surface area contributed by atoms with Crippen LogP contribution in [0, 0.1) is 24.0 Å². The fraction of sp³-hybridized carbons (Fsp3) is 0.130. The second-order valence-electron chi connectivity index (χ2n) is 7.15. The standard InChI is InChI=1S/C23H18N2O5S2/c1-13-4-8-18(14(2)10-13)24-22(26)21(32-23(24)31)12-16-6-9-20(30-16)17-7-5-15(29-3)11-19(17)25(27)28/h4-12H,1-3H3/b21-12-. The van der Waals surface area contributed by atoms with Crippen molar-refractivity contribution in [1.29, 1.82) is 0 Å². The van der Waals surface area contributed by atoms with Crippen molar-refractivity contribution >= 4 is 51.7 Å². The number of carbonyl (C=O) groups excluding carboxylic acids is 1. The molecule has 1 saturated heterocycles. The summed E-state index contributed by atoms with van der Waals surface area (Å²) in [5.74, 6) is 0.851. The average Bonchev–Trinajstić information content (AvgIpc) is 3.32. The van der Waals surface area contributed by atoms with E-state index >= 15 is 0 Å². The van der Waals surface area contributed by atoms with Gasteiger partial charge in [0.1, 0.15) is 17.3 Å². The number of amides is 1. The number of nitro groups is 1. The van der Waals surface area contributed by atoms with Crippen LogP contribution < -0.4 is 9.64 Å². The summed E-state index contributed by atoms with van der Waals surface area (Å²) in [5.41, 5.74) is 2.98. The third-order valence-electron chi connectivity index (χ3n) is 4.95. The lowest BCUT2D eigenvalue weighted by molar-refractivity contribution is -0.384. The third kappa shape index (κ3) is 4.04. The molecule has 1 aliphatic rings. The van der Waals surface area contributed by atoms with E-state index in [0.717, 1.165) is 16.8 Å². The lowest BCUT2D eigenvalue weighted by Gasteiger charge is -2.17. The summed E-state index contributed by atoms with van der Waals surface area (Å²) in [6, 6.07) is 13.6. The molecule has 32 heavy (non-hydrogen) atoms. The van der Waals surface area contributed by atoms with Crippen molar-refractivity contribution in [3.8, 4) is 17.1 Å². The van der Waals surface area contributed by atoms with Crippen LogP contribution in [0.3, 0.4) is 0 Å². The summed E-state index contributed by atoms with van der Waals surface area (Å²) in [6.07, 6.45) is 1.60. The Kier molecular flexibility index (Phi) is 5.86. The Morgan fingerprint density at radius 2 is 1.94 bits per heavy atom. The van der Waals surface area contributed by atoms with Gasteiger partial charge in [0, 0.05) is 6.08 Å². The number of aryl methyl sites for hydroxylation is 2. The van der Waals surface area contributed by atoms with E-state index in [1.54, 1.807) is 30.3 Å². The van der Waals surface area contributed by atoms with Gasteiger partial charge in [-0.25, -0.2) is 0 Å². The summed E-state index contributed by atoms with van der Waals surface area (Å²) in [7, 11) is 1.44. The second-order valence-corrected chi connectivity index (χ2v) is 8.83. The van der Waals surface area contributed by atoms with Crippen molar-refractivity contribution in [1.82, 2.24) is 0 Å². The maximum atomic E-state index is 13.1. The predicted molar refractivity (Wildman–Crippen MR) is 129 cm³/mol. The highest BCUT2D eigenvalue weighted by Crippen LogP contribution is 2.39. The van der Waals surface area contributed by atoms with Gasteiger partial charge in [-0.3, -0.25) is 19.8 Å². The van der Waals surface area contributed by atoms with E-state index in [1.165, 1.54) is 29.8 Å². The minimum atomic E-state index is -0.491. The fourth-order valence-corrected chi connectivity index (χ4v) is 4.70. The summed E-state index contributed by atoms with van der Waals surface area (Å²) >= 11 is 6.63. The van der Waals surface area contributed by atoms with Crippen molar-refractivity contribution < 1.29 is 18.9 Å². The topological polar surface area (TPSA) is 85.8 Å². The Balaban J connectivity index is 1.65. The van der Waals surface area contributed by atoms with Crippen LogP contribution in [0.5, 0.6) is 5.75 Å². The molecule has 1 aromatic heterocycles. The molecule has 3 aromatic rings. The van der Waals surface area contributed by atoms with E-state index in [0.29, 0.717) is 32.1 Å². The number of nitrogens with zero attached hydrogens (tertiary/aromatic N) is 2. The maximum Gasteiger partial charge on any atom is 0.284 e. The largest absolute Gasteiger partial charge is 0.497 e. The third-order valence-corrected chi connectivity index (χ3v) is 6.26. The molecule has 0 unspecified atom stereocenters. The van der Waals surface area contributed by atoms with Gasteiger partial charge >= 0.3 is 0 Å². The first-order valence-corrected chi connectivity index (χ1v) is 10.8. The predicted octanol–water partition coefficient (Wildman–Crippen LogP) is 5.89. The first kappa shape index (κ1) is 21.8. The van der Waals surface area contributed by atoms with Crippen LogP contribution in [0.25, 0.3) is 17.4 Å². The van der Waals surface area contributed by atoms with Gasteiger partial charge < -0.3 is 9.15 Å². The Hall–Kier alpha value is -3.43. The Morgan fingerprint density at radius 3 is 2.62 bits per heavy atom. The number of furan rings is 1. The molecule has 0 N–H and O–H groups in total. The highest BCUT2D eigenvalue weighted by molar-refractivity contribution is 8.27. The number of nitro benzene ring substituents is 1. The molecule has 0 bridgehead atoms. The summed E-state index contributed by atoms with van der Waals surface area (Å²) in [6.45, 7) is 3.92. The molecule has 0 radical (unpaired) electrons. The molecule has 0 spiro atoms. The average molecular weight is 467 g/mol. The van der Waals surface area contributed by atoms with Crippen LogP contribution in [0.1, 0.15) is 16.9 Å². The number of thiocarbonyl (C=S) groups is 1. The molecule has 0 saturated carbocycles. The highest BCUT2D eigenvalue weighted by atomic mass is 32.2. The smallest absolute Gasteiger partial charge is 0.284 e. The number of benzene rings is 2. The number of rotatable bonds is 5. The summed E-state index contributed by atoms with van der Waals surface area (Å²) < 4.78 is 11.3. The number of hydrogen-bond donors (Lipinski definition) is 0. The minimum Gasteiger partial charge on any atom is -0.497 e. The first-order valence-electron chi connectivity index (χ1n) is 9.56. The summed E-state index contributed by atoms with van der Waals surface area (Å²) in [4.78, 5) is 26.0. The lowest BCUT2D eigenvalue weighted by Crippen LogP contribution is -2.28. The fourth-order valence-electron chi connectivity index (χ4n) is 3.43. The zero-order valence-electron chi connectivity index (χ0n) is 17.4. The molecule has 9 heteroatoms. The molecule has 2 aromatic carbocycles. The van der Waals surface area contributed by atoms with Crippen molar-refractivity contribution in [2.24, 2.45) is 0 Å². The number of hydrogen-bond acceptors (Lipinski definition) is 7.